The number of pyridine rings is 1. The van der Waals surface area contributed by atoms with Crippen LogP contribution in [0.25, 0.3) is 12.2 Å². The molecule has 1 aromatic heterocycles. The van der Waals surface area contributed by atoms with E-state index in [4.69, 9.17) is 5.21 Å². The van der Waals surface area contributed by atoms with Gasteiger partial charge in [-0.25, -0.2) is 5.48 Å². The fourth-order valence-electron chi connectivity index (χ4n) is 2.99. The molecule has 0 saturated carbocycles. The number of carbonyl (C=O) groups is 2. The second-order valence-corrected chi connectivity index (χ2v) is 6.27. The first-order chi connectivity index (χ1) is 13.7. The van der Waals surface area contributed by atoms with Gasteiger partial charge in [-0.3, -0.25) is 19.8 Å². The quantitative estimate of drug-likeness (QED) is 0.472. The van der Waals surface area contributed by atoms with Crippen LogP contribution in [-0.4, -0.2) is 53.1 Å². The van der Waals surface area contributed by atoms with Crippen molar-refractivity contribution in [1.82, 2.24) is 15.4 Å². The van der Waals surface area contributed by atoms with Crippen molar-refractivity contribution in [3.05, 3.63) is 72.1 Å². The zero-order chi connectivity index (χ0) is 19.8. The number of benzene rings is 1. The van der Waals surface area contributed by atoms with E-state index in [0.717, 1.165) is 13.1 Å². The zero-order valence-corrected chi connectivity index (χ0v) is 15.4. The Morgan fingerprint density at radius 3 is 2.43 bits per heavy atom. The SMILES string of the molecule is O=C(C=Cc1ncccc1C=CC(=O)N1CCN(c2ccccc2)CC1)NO. The summed E-state index contributed by atoms with van der Waals surface area (Å²) < 4.78 is 0. The van der Waals surface area contributed by atoms with Crippen LogP contribution in [0.2, 0.25) is 0 Å². The maximum atomic E-state index is 12.5. The van der Waals surface area contributed by atoms with E-state index in [1.165, 1.54) is 29.4 Å². The van der Waals surface area contributed by atoms with Gasteiger partial charge in [0.15, 0.2) is 0 Å². The summed E-state index contributed by atoms with van der Waals surface area (Å²) in [6.07, 6.45) is 7.46. The molecule has 0 atom stereocenters. The van der Waals surface area contributed by atoms with Gasteiger partial charge in [0.05, 0.1) is 5.69 Å². The summed E-state index contributed by atoms with van der Waals surface area (Å²) in [7, 11) is 0. The van der Waals surface area contributed by atoms with E-state index >= 15 is 0 Å². The van der Waals surface area contributed by atoms with Crippen molar-refractivity contribution >= 4 is 29.7 Å². The molecule has 1 aromatic carbocycles. The van der Waals surface area contributed by atoms with Gasteiger partial charge in [0.2, 0.25) is 5.91 Å². The number of amides is 2. The summed E-state index contributed by atoms with van der Waals surface area (Å²) in [6.45, 7) is 2.91. The minimum Gasteiger partial charge on any atom is -0.368 e. The molecule has 7 heteroatoms. The van der Waals surface area contributed by atoms with Crippen LogP contribution < -0.4 is 10.4 Å². The summed E-state index contributed by atoms with van der Waals surface area (Å²) in [5, 5.41) is 8.56. The summed E-state index contributed by atoms with van der Waals surface area (Å²) in [5.41, 5.74) is 3.94. The molecule has 1 saturated heterocycles. The molecule has 2 amide bonds. The number of nitrogens with zero attached hydrogens (tertiary/aromatic N) is 3. The Kier molecular flexibility index (Phi) is 6.54. The van der Waals surface area contributed by atoms with E-state index in [9.17, 15) is 9.59 Å². The second kappa shape index (κ2) is 9.48. The summed E-state index contributed by atoms with van der Waals surface area (Å²) >= 11 is 0. The molecule has 2 aromatic rings. The Labute approximate surface area is 163 Å². The average molecular weight is 378 g/mol. The minimum atomic E-state index is -0.645. The molecule has 1 aliphatic heterocycles. The number of hydroxylamine groups is 1. The Balaban J connectivity index is 1.60. The Hall–Kier alpha value is -3.45. The molecule has 0 spiro atoms. The van der Waals surface area contributed by atoms with Crippen molar-refractivity contribution in [3.8, 4) is 0 Å². The van der Waals surface area contributed by atoms with Gasteiger partial charge < -0.3 is 9.80 Å². The topological polar surface area (TPSA) is 85.8 Å². The van der Waals surface area contributed by atoms with Crippen LogP contribution in [0.4, 0.5) is 5.69 Å². The van der Waals surface area contributed by atoms with Crippen LogP contribution in [0.5, 0.6) is 0 Å². The average Bonchev–Trinajstić information content (AvgIpc) is 2.77. The highest BCUT2D eigenvalue weighted by Gasteiger charge is 2.19. The van der Waals surface area contributed by atoms with E-state index < -0.39 is 5.91 Å². The minimum absolute atomic E-state index is 0.0559. The van der Waals surface area contributed by atoms with Gasteiger partial charge >= 0.3 is 0 Å². The second-order valence-electron chi connectivity index (χ2n) is 6.27. The highest BCUT2D eigenvalue weighted by atomic mass is 16.5. The third-order valence-electron chi connectivity index (χ3n) is 4.49. The van der Waals surface area contributed by atoms with Gasteiger partial charge in [0, 0.05) is 55.8 Å². The van der Waals surface area contributed by atoms with Gasteiger partial charge in [-0.1, -0.05) is 24.3 Å². The lowest BCUT2D eigenvalue weighted by atomic mass is 10.1. The summed E-state index contributed by atoms with van der Waals surface area (Å²) in [6, 6.07) is 13.7. The highest BCUT2D eigenvalue weighted by molar-refractivity contribution is 5.93. The molecule has 2 N–H and O–H groups in total. The first-order valence-corrected chi connectivity index (χ1v) is 9.01. The van der Waals surface area contributed by atoms with Crippen molar-refractivity contribution in [2.75, 3.05) is 31.1 Å². The highest BCUT2D eigenvalue weighted by Crippen LogP contribution is 2.16. The van der Waals surface area contributed by atoms with Crippen LogP contribution in [0.15, 0.2) is 60.8 Å². The van der Waals surface area contributed by atoms with Crippen LogP contribution in [-0.2, 0) is 9.59 Å². The number of carbonyl (C=O) groups excluding carboxylic acids is 2. The number of hydrogen-bond donors (Lipinski definition) is 2. The number of aromatic nitrogens is 1. The molecule has 0 unspecified atom stereocenters. The third-order valence-corrected chi connectivity index (χ3v) is 4.49. The van der Waals surface area contributed by atoms with Crippen molar-refractivity contribution in [2.24, 2.45) is 0 Å². The number of nitrogens with one attached hydrogen (secondary N) is 1. The van der Waals surface area contributed by atoms with Crippen LogP contribution >= 0.6 is 0 Å². The van der Waals surface area contributed by atoms with Crippen LogP contribution in [0.1, 0.15) is 11.3 Å². The van der Waals surface area contributed by atoms with Gasteiger partial charge in [-0.15, -0.1) is 0 Å². The predicted molar refractivity (Wildman–Crippen MR) is 107 cm³/mol. The lowest BCUT2D eigenvalue weighted by Crippen LogP contribution is -2.48. The molecule has 0 aliphatic carbocycles. The molecular weight excluding hydrogens is 356 g/mol. The molecule has 1 aliphatic rings. The smallest absolute Gasteiger partial charge is 0.267 e. The molecule has 0 bridgehead atoms. The lowest BCUT2D eigenvalue weighted by molar-refractivity contribution is -0.126. The number of piperazine rings is 1. The zero-order valence-electron chi connectivity index (χ0n) is 15.4. The standard InChI is InChI=1S/C21H22N4O3/c26-20(23-28)10-9-19-17(5-4-12-22-19)8-11-21(27)25-15-13-24(14-16-25)18-6-2-1-3-7-18/h1-12,28H,13-16H2,(H,23,26). The molecule has 28 heavy (non-hydrogen) atoms. The molecule has 2 heterocycles. The first kappa shape index (κ1) is 19.3. The number of rotatable bonds is 5. The van der Waals surface area contributed by atoms with Gasteiger partial charge in [0.25, 0.3) is 5.91 Å². The fourth-order valence-corrected chi connectivity index (χ4v) is 2.99. The van der Waals surface area contributed by atoms with Crippen molar-refractivity contribution in [1.29, 1.82) is 0 Å². The van der Waals surface area contributed by atoms with Gasteiger partial charge in [-0.05, 0) is 30.4 Å². The van der Waals surface area contributed by atoms with Crippen LogP contribution in [0, 0.1) is 0 Å². The van der Waals surface area contributed by atoms with Crippen LogP contribution in [0.3, 0.4) is 0 Å². The Morgan fingerprint density at radius 2 is 1.71 bits per heavy atom. The van der Waals surface area contributed by atoms with Gasteiger partial charge in [0.1, 0.15) is 0 Å². The number of anilines is 1. The van der Waals surface area contributed by atoms with E-state index in [1.54, 1.807) is 24.4 Å². The molecule has 144 valence electrons. The number of para-hydroxylation sites is 1. The fraction of sp³-hybridized carbons (Fsp3) is 0.190. The molecule has 3 rings (SSSR count). The summed E-state index contributed by atoms with van der Waals surface area (Å²) in [5.74, 6) is -0.701. The molecular formula is C21H22N4O3. The largest absolute Gasteiger partial charge is 0.368 e. The maximum absolute atomic E-state index is 12.5. The van der Waals surface area contributed by atoms with E-state index in [2.05, 4.69) is 22.0 Å². The predicted octanol–water partition coefficient (Wildman–Crippen LogP) is 1.96. The third kappa shape index (κ3) is 5.05. The maximum Gasteiger partial charge on any atom is 0.267 e. The normalized spacial score (nSPS) is 14.6. The summed E-state index contributed by atoms with van der Waals surface area (Å²) in [4.78, 5) is 31.9. The molecule has 0 radical (unpaired) electrons. The van der Waals surface area contributed by atoms with Crippen molar-refractivity contribution in [3.63, 3.8) is 0 Å². The van der Waals surface area contributed by atoms with Crippen molar-refractivity contribution < 1.29 is 14.8 Å². The molecule has 7 nitrogen and oxygen atoms in total. The van der Waals surface area contributed by atoms with E-state index in [-0.39, 0.29) is 5.91 Å². The lowest BCUT2D eigenvalue weighted by Gasteiger charge is -2.35. The number of hydrogen-bond acceptors (Lipinski definition) is 5. The first-order valence-electron chi connectivity index (χ1n) is 9.01. The Bertz CT molecular complexity index is 872. The van der Waals surface area contributed by atoms with Gasteiger partial charge in [-0.2, -0.15) is 0 Å². The van der Waals surface area contributed by atoms with Crippen molar-refractivity contribution in [2.45, 2.75) is 0 Å². The monoisotopic (exact) mass is 378 g/mol. The Morgan fingerprint density at radius 1 is 0.964 bits per heavy atom. The molecule has 1 fully saturated rings. The van der Waals surface area contributed by atoms with E-state index in [0.29, 0.717) is 24.3 Å². The van der Waals surface area contributed by atoms with E-state index in [1.807, 2.05) is 23.1 Å².